The average Bonchev–Trinajstić information content (AvgIpc) is 3.20. The third kappa shape index (κ3) is 5.19. The first-order valence-electron chi connectivity index (χ1n) is 7.39. The Morgan fingerprint density at radius 2 is 1.89 bits per heavy atom. The van der Waals surface area contributed by atoms with Crippen LogP contribution < -0.4 is 10.6 Å². The van der Waals surface area contributed by atoms with Crippen molar-refractivity contribution in [3.05, 3.63) is 0 Å². The van der Waals surface area contributed by atoms with Crippen LogP contribution in [0.4, 0.5) is 0 Å². The van der Waals surface area contributed by atoms with Gasteiger partial charge in [-0.25, -0.2) is 0 Å². The van der Waals surface area contributed by atoms with E-state index >= 15 is 0 Å². The summed E-state index contributed by atoms with van der Waals surface area (Å²) in [5, 5.41) is 6.23. The predicted octanol–water partition coefficient (Wildman–Crippen LogP) is 0.503. The van der Waals surface area contributed by atoms with Gasteiger partial charge in [-0.2, -0.15) is 0 Å². The van der Waals surface area contributed by atoms with Crippen LogP contribution in [-0.4, -0.2) is 49.4 Å². The smallest absolute Gasteiger partial charge is 0.239 e. The van der Waals surface area contributed by atoms with E-state index in [-0.39, 0.29) is 18.4 Å². The molecule has 1 saturated carbocycles. The molecule has 2 rings (SSSR count). The SMILES string of the molecule is CN(CC(=O)NC1CC1)C(=O)CCC1CCNCC1. The molecular weight excluding hydrogens is 242 g/mol. The topological polar surface area (TPSA) is 61.4 Å². The number of piperidine rings is 1. The molecule has 19 heavy (non-hydrogen) atoms. The standard InChI is InChI=1S/C14H25N3O2/c1-17(10-13(18)16-12-3-4-12)14(19)5-2-11-6-8-15-9-7-11/h11-12,15H,2-10H2,1H3,(H,16,18). The second-order valence-electron chi connectivity index (χ2n) is 5.82. The number of hydrogen-bond donors (Lipinski definition) is 2. The van der Waals surface area contributed by atoms with Crippen molar-refractivity contribution < 1.29 is 9.59 Å². The van der Waals surface area contributed by atoms with Crippen LogP contribution in [0.2, 0.25) is 0 Å². The van der Waals surface area contributed by atoms with Gasteiger partial charge in [0.1, 0.15) is 0 Å². The van der Waals surface area contributed by atoms with Gasteiger partial charge in [-0.3, -0.25) is 9.59 Å². The first kappa shape index (κ1) is 14.3. The number of hydrogen-bond acceptors (Lipinski definition) is 3. The summed E-state index contributed by atoms with van der Waals surface area (Å²) in [7, 11) is 1.72. The molecule has 0 aromatic rings. The second-order valence-corrected chi connectivity index (χ2v) is 5.82. The Morgan fingerprint density at radius 3 is 2.53 bits per heavy atom. The van der Waals surface area contributed by atoms with Crippen molar-refractivity contribution in [2.75, 3.05) is 26.7 Å². The quantitative estimate of drug-likeness (QED) is 0.737. The number of rotatable bonds is 6. The number of carbonyl (C=O) groups is 2. The fraction of sp³-hybridized carbons (Fsp3) is 0.857. The van der Waals surface area contributed by atoms with E-state index in [1.807, 2.05) is 0 Å². The molecule has 108 valence electrons. The van der Waals surface area contributed by atoms with Crippen molar-refractivity contribution in [1.29, 1.82) is 0 Å². The Hall–Kier alpha value is -1.10. The number of carbonyl (C=O) groups excluding carboxylic acids is 2. The second kappa shape index (κ2) is 6.89. The lowest BCUT2D eigenvalue weighted by atomic mass is 9.93. The average molecular weight is 267 g/mol. The Labute approximate surface area is 115 Å². The summed E-state index contributed by atoms with van der Waals surface area (Å²) in [6, 6.07) is 0.366. The van der Waals surface area contributed by atoms with E-state index in [2.05, 4.69) is 10.6 Å². The van der Waals surface area contributed by atoms with E-state index in [4.69, 9.17) is 0 Å². The minimum atomic E-state index is -0.0276. The van der Waals surface area contributed by atoms with E-state index in [9.17, 15) is 9.59 Å². The fourth-order valence-electron chi connectivity index (χ4n) is 2.49. The minimum absolute atomic E-state index is 0.0276. The highest BCUT2D eigenvalue weighted by atomic mass is 16.2. The molecule has 2 amide bonds. The maximum absolute atomic E-state index is 12.0. The molecule has 0 aromatic heterocycles. The summed E-state index contributed by atoms with van der Waals surface area (Å²) in [6.07, 6.45) is 6.02. The van der Waals surface area contributed by atoms with Crippen LogP contribution in [0.5, 0.6) is 0 Å². The molecule has 1 aliphatic carbocycles. The van der Waals surface area contributed by atoms with Crippen LogP contribution in [0.1, 0.15) is 38.5 Å². The van der Waals surface area contributed by atoms with Gasteiger partial charge in [0.25, 0.3) is 0 Å². The third-order valence-corrected chi connectivity index (χ3v) is 3.97. The zero-order valence-electron chi connectivity index (χ0n) is 11.8. The maximum Gasteiger partial charge on any atom is 0.239 e. The highest BCUT2D eigenvalue weighted by molar-refractivity contribution is 5.84. The normalized spacial score (nSPS) is 20.1. The fourth-order valence-corrected chi connectivity index (χ4v) is 2.49. The van der Waals surface area contributed by atoms with Crippen LogP contribution in [0.3, 0.4) is 0 Å². The van der Waals surface area contributed by atoms with E-state index in [0.29, 0.717) is 18.4 Å². The van der Waals surface area contributed by atoms with Crippen molar-refractivity contribution in [1.82, 2.24) is 15.5 Å². The number of likely N-dealkylation sites (N-methyl/N-ethyl adjacent to an activating group) is 1. The van der Waals surface area contributed by atoms with E-state index in [1.54, 1.807) is 11.9 Å². The molecule has 0 unspecified atom stereocenters. The Balaban J connectivity index is 1.61. The van der Waals surface area contributed by atoms with Gasteiger partial charge in [0.2, 0.25) is 11.8 Å². The van der Waals surface area contributed by atoms with Crippen LogP contribution in [0.25, 0.3) is 0 Å². The molecule has 5 heteroatoms. The van der Waals surface area contributed by atoms with Crippen molar-refractivity contribution in [3.8, 4) is 0 Å². The van der Waals surface area contributed by atoms with Gasteiger partial charge in [0, 0.05) is 19.5 Å². The summed E-state index contributed by atoms with van der Waals surface area (Å²) < 4.78 is 0. The van der Waals surface area contributed by atoms with E-state index < -0.39 is 0 Å². The molecule has 1 heterocycles. The molecule has 0 spiro atoms. The van der Waals surface area contributed by atoms with Gasteiger partial charge in [-0.15, -0.1) is 0 Å². The summed E-state index contributed by atoms with van der Waals surface area (Å²) in [5.74, 6) is 0.726. The van der Waals surface area contributed by atoms with Crippen LogP contribution in [0, 0.1) is 5.92 Å². The molecular formula is C14H25N3O2. The highest BCUT2D eigenvalue weighted by Gasteiger charge is 2.24. The third-order valence-electron chi connectivity index (χ3n) is 3.97. The lowest BCUT2D eigenvalue weighted by Gasteiger charge is -2.23. The van der Waals surface area contributed by atoms with Crippen LogP contribution in [-0.2, 0) is 9.59 Å². The van der Waals surface area contributed by atoms with Gasteiger partial charge in [0.05, 0.1) is 6.54 Å². The molecule has 1 saturated heterocycles. The van der Waals surface area contributed by atoms with Crippen molar-refractivity contribution in [2.24, 2.45) is 5.92 Å². The van der Waals surface area contributed by atoms with Crippen molar-refractivity contribution in [3.63, 3.8) is 0 Å². The number of nitrogens with zero attached hydrogens (tertiary/aromatic N) is 1. The van der Waals surface area contributed by atoms with Crippen molar-refractivity contribution in [2.45, 2.75) is 44.6 Å². The molecule has 0 bridgehead atoms. The lowest BCUT2D eigenvalue weighted by Crippen LogP contribution is -2.39. The van der Waals surface area contributed by atoms with Gasteiger partial charge < -0.3 is 15.5 Å². The first-order chi connectivity index (χ1) is 9.15. The van der Waals surface area contributed by atoms with E-state index in [0.717, 1.165) is 32.4 Å². The van der Waals surface area contributed by atoms with Crippen LogP contribution in [0.15, 0.2) is 0 Å². The number of nitrogens with one attached hydrogen (secondary N) is 2. The van der Waals surface area contributed by atoms with Gasteiger partial charge in [-0.05, 0) is 51.1 Å². The zero-order valence-corrected chi connectivity index (χ0v) is 11.8. The zero-order chi connectivity index (χ0) is 13.7. The monoisotopic (exact) mass is 267 g/mol. The van der Waals surface area contributed by atoms with E-state index in [1.165, 1.54) is 12.8 Å². The predicted molar refractivity (Wildman–Crippen MR) is 73.6 cm³/mol. The largest absolute Gasteiger partial charge is 0.352 e. The molecule has 2 aliphatic rings. The summed E-state index contributed by atoms with van der Waals surface area (Å²) in [5.41, 5.74) is 0. The molecule has 2 fully saturated rings. The minimum Gasteiger partial charge on any atom is -0.352 e. The van der Waals surface area contributed by atoms with Gasteiger partial charge in [-0.1, -0.05) is 0 Å². The summed E-state index contributed by atoms with van der Waals surface area (Å²) in [4.78, 5) is 25.1. The maximum atomic E-state index is 12.0. The Kier molecular flexibility index (Phi) is 5.19. The first-order valence-corrected chi connectivity index (χ1v) is 7.39. The number of amides is 2. The molecule has 0 radical (unpaired) electrons. The lowest BCUT2D eigenvalue weighted by molar-refractivity contribution is -0.135. The molecule has 0 aromatic carbocycles. The van der Waals surface area contributed by atoms with Crippen LogP contribution >= 0.6 is 0 Å². The molecule has 0 atom stereocenters. The summed E-state index contributed by atoms with van der Waals surface area (Å²) >= 11 is 0. The van der Waals surface area contributed by atoms with Gasteiger partial charge >= 0.3 is 0 Å². The summed E-state index contributed by atoms with van der Waals surface area (Å²) in [6.45, 7) is 2.33. The molecule has 2 N–H and O–H groups in total. The van der Waals surface area contributed by atoms with Crippen molar-refractivity contribution >= 4 is 11.8 Å². The molecule has 1 aliphatic heterocycles. The Morgan fingerprint density at radius 1 is 1.21 bits per heavy atom. The molecule has 5 nitrogen and oxygen atoms in total. The Bertz CT molecular complexity index is 323. The highest BCUT2D eigenvalue weighted by Crippen LogP contribution is 2.19. The van der Waals surface area contributed by atoms with Gasteiger partial charge in [0.15, 0.2) is 0 Å².